The average Bonchev–Trinajstić information content (AvgIpc) is 3.13. The van der Waals surface area contributed by atoms with Crippen LogP contribution in [0.1, 0.15) is 30.3 Å². The fourth-order valence-electron chi connectivity index (χ4n) is 3.12. The molecule has 25 heavy (non-hydrogen) atoms. The molecule has 0 spiro atoms. The third-order valence-corrected chi connectivity index (χ3v) is 4.32. The van der Waals surface area contributed by atoms with Gasteiger partial charge >= 0.3 is 0 Å². The third-order valence-electron chi connectivity index (χ3n) is 4.32. The van der Waals surface area contributed by atoms with Gasteiger partial charge in [-0.3, -0.25) is 24.7 Å². The highest BCUT2D eigenvalue weighted by atomic mass is 16.5. The molecule has 8 heteroatoms. The van der Waals surface area contributed by atoms with Crippen molar-refractivity contribution < 1.29 is 4.74 Å². The van der Waals surface area contributed by atoms with Crippen molar-refractivity contribution in [1.29, 1.82) is 0 Å². The third kappa shape index (κ3) is 3.25. The molecule has 0 amide bonds. The Labute approximate surface area is 145 Å². The minimum atomic E-state index is -0.409. The minimum Gasteiger partial charge on any atom is -0.376 e. The molecule has 0 saturated carbocycles. The maximum Gasteiger partial charge on any atom is 0.257 e. The number of pyridine rings is 1. The molecule has 2 aliphatic heterocycles. The van der Waals surface area contributed by atoms with Crippen LogP contribution < -0.4 is 16.2 Å². The van der Waals surface area contributed by atoms with Gasteiger partial charge in [-0.1, -0.05) is 6.07 Å². The number of aromatic nitrogens is 3. The summed E-state index contributed by atoms with van der Waals surface area (Å²) >= 11 is 0. The summed E-state index contributed by atoms with van der Waals surface area (Å²) in [6, 6.07) is 5.28. The summed E-state index contributed by atoms with van der Waals surface area (Å²) < 4.78 is 7.20. The molecular weight excluding hydrogens is 320 g/mol. The van der Waals surface area contributed by atoms with Crippen molar-refractivity contribution in [3.63, 3.8) is 0 Å². The number of aryl methyl sites for hydroxylation is 1. The zero-order chi connectivity index (χ0) is 17.2. The molecule has 0 aliphatic carbocycles. The van der Waals surface area contributed by atoms with E-state index in [9.17, 15) is 4.79 Å². The zero-order valence-electron chi connectivity index (χ0n) is 14.0. The zero-order valence-corrected chi connectivity index (χ0v) is 14.0. The fourth-order valence-corrected chi connectivity index (χ4v) is 3.12. The Morgan fingerprint density at radius 1 is 1.48 bits per heavy atom. The highest BCUT2D eigenvalue weighted by Crippen LogP contribution is 2.21. The molecule has 2 atom stereocenters. The van der Waals surface area contributed by atoms with Gasteiger partial charge in [0.2, 0.25) is 5.95 Å². The predicted molar refractivity (Wildman–Crippen MR) is 93.6 cm³/mol. The second-order valence-corrected chi connectivity index (χ2v) is 6.21. The Bertz CT molecular complexity index is 842. The lowest BCUT2D eigenvalue weighted by Gasteiger charge is -2.30. The van der Waals surface area contributed by atoms with E-state index in [1.807, 2.05) is 12.1 Å². The molecule has 1 fully saturated rings. The molecule has 8 nitrogen and oxygen atoms in total. The van der Waals surface area contributed by atoms with E-state index in [1.54, 1.807) is 23.9 Å². The Balaban J connectivity index is 1.70. The van der Waals surface area contributed by atoms with Crippen molar-refractivity contribution in [2.75, 3.05) is 18.5 Å². The molecule has 4 rings (SSSR count). The summed E-state index contributed by atoms with van der Waals surface area (Å²) in [5, 5.41) is 6.39. The number of fused-ring (bicyclic) bond motifs is 1. The maximum atomic E-state index is 12.5. The molecule has 0 aromatic carbocycles. The normalized spacial score (nSPS) is 23.8. The van der Waals surface area contributed by atoms with Crippen LogP contribution in [-0.2, 0) is 4.74 Å². The quantitative estimate of drug-likeness (QED) is 0.867. The van der Waals surface area contributed by atoms with Gasteiger partial charge in [0, 0.05) is 36.3 Å². The van der Waals surface area contributed by atoms with Crippen molar-refractivity contribution in [1.82, 2.24) is 19.9 Å². The lowest BCUT2D eigenvalue weighted by Crippen LogP contribution is -2.48. The number of aliphatic imine (C=N–C) groups is 1. The van der Waals surface area contributed by atoms with E-state index in [-0.39, 0.29) is 11.7 Å². The van der Waals surface area contributed by atoms with Gasteiger partial charge in [0.05, 0.1) is 12.6 Å². The first-order chi connectivity index (χ1) is 12.2. The molecule has 130 valence electrons. The van der Waals surface area contributed by atoms with Crippen LogP contribution >= 0.6 is 0 Å². The Hall–Kier alpha value is -2.74. The van der Waals surface area contributed by atoms with Crippen LogP contribution in [0.3, 0.4) is 0 Å². The largest absolute Gasteiger partial charge is 0.376 e. The van der Waals surface area contributed by atoms with Crippen molar-refractivity contribution in [2.45, 2.75) is 32.0 Å². The van der Waals surface area contributed by atoms with Gasteiger partial charge in [-0.15, -0.1) is 0 Å². The molecule has 2 aromatic rings. The second-order valence-electron chi connectivity index (χ2n) is 6.21. The Morgan fingerprint density at radius 2 is 2.40 bits per heavy atom. The summed E-state index contributed by atoms with van der Waals surface area (Å²) in [6.07, 6.45) is 5.28. The van der Waals surface area contributed by atoms with Gasteiger partial charge in [0.15, 0.2) is 5.96 Å². The molecule has 0 bridgehead atoms. The van der Waals surface area contributed by atoms with Gasteiger partial charge < -0.3 is 10.1 Å². The number of guanidine groups is 1. The van der Waals surface area contributed by atoms with Crippen LogP contribution in [0.2, 0.25) is 0 Å². The van der Waals surface area contributed by atoms with E-state index in [2.05, 4.69) is 25.6 Å². The number of nitrogens with zero attached hydrogens (tertiary/aromatic N) is 4. The van der Waals surface area contributed by atoms with Gasteiger partial charge in [-0.05, 0) is 25.8 Å². The molecule has 1 saturated heterocycles. The lowest BCUT2D eigenvalue weighted by atomic mass is 10.2. The molecule has 2 aromatic heterocycles. The van der Waals surface area contributed by atoms with Crippen LogP contribution in [0.4, 0.5) is 5.95 Å². The fraction of sp³-hybridized carbons (Fsp3) is 0.412. The predicted octanol–water partition coefficient (Wildman–Crippen LogP) is 1.04. The van der Waals surface area contributed by atoms with E-state index in [1.165, 1.54) is 6.07 Å². The number of nitrogens with one attached hydrogen (secondary N) is 2. The second kappa shape index (κ2) is 6.64. The summed E-state index contributed by atoms with van der Waals surface area (Å²) in [5.74, 6) is 1.06. The van der Waals surface area contributed by atoms with Crippen LogP contribution in [-0.4, -0.2) is 39.8 Å². The minimum absolute atomic E-state index is 0.130. The molecule has 2 N–H and O–H groups in total. The highest BCUT2D eigenvalue weighted by molar-refractivity contribution is 5.93. The maximum absolute atomic E-state index is 12.5. The summed E-state index contributed by atoms with van der Waals surface area (Å²) in [6.45, 7) is 3.17. The molecule has 2 aliphatic rings. The van der Waals surface area contributed by atoms with E-state index in [0.29, 0.717) is 24.1 Å². The SMILES string of the molecule is Cc1cc(=O)n2c(n1)NC(=NC[C@@H]1CCCO1)N[C@@H]2c1cccnc1. The number of ether oxygens (including phenoxy) is 1. The molecule has 4 heterocycles. The van der Waals surface area contributed by atoms with E-state index < -0.39 is 6.17 Å². The van der Waals surface area contributed by atoms with Gasteiger partial charge in [0.25, 0.3) is 5.56 Å². The average molecular weight is 340 g/mol. The summed E-state index contributed by atoms with van der Waals surface area (Å²) in [5.41, 5.74) is 1.39. The lowest BCUT2D eigenvalue weighted by molar-refractivity contribution is 0.117. The van der Waals surface area contributed by atoms with Crippen molar-refractivity contribution in [3.05, 3.63) is 52.2 Å². The number of hydrogen-bond acceptors (Lipinski definition) is 5. The first-order valence-electron chi connectivity index (χ1n) is 8.40. The highest BCUT2D eigenvalue weighted by Gasteiger charge is 2.26. The van der Waals surface area contributed by atoms with Crippen molar-refractivity contribution in [3.8, 4) is 0 Å². The van der Waals surface area contributed by atoms with Crippen LogP contribution in [0.5, 0.6) is 0 Å². The van der Waals surface area contributed by atoms with E-state index in [4.69, 9.17) is 4.74 Å². The van der Waals surface area contributed by atoms with Gasteiger partial charge in [-0.2, -0.15) is 0 Å². The summed E-state index contributed by atoms with van der Waals surface area (Å²) in [4.78, 5) is 25.7. The van der Waals surface area contributed by atoms with Crippen molar-refractivity contribution in [2.24, 2.45) is 4.99 Å². The van der Waals surface area contributed by atoms with Gasteiger partial charge in [-0.25, -0.2) is 4.98 Å². The monoisotopic (exact) mass is 340 g/mol. The Kier molecular flexibility index (Phi) is 4.19. The van der Waals surface area contributed by atoms with Crippen molar-refractivity contribution >= 4 is 11.9 Å². The van der Waals surface area contributed by atoms with Crippen LogP contribution in [0.15, 0.2) is 40.4 Å². The van der Waals surface area contributed by atoms with E-state index >= 15 is 0 Å². The standard InChI is InChI=1S/C17H20N6O2/c1-11-8-14(24)23-15(12-4-2-6-18-9-12)21-16(22-17(23)20-11)19-10-13-5-3-7-25-13/h2,4,6,8-9,13,15H,3,5,7,10H2,1H3,(H2,19,20,21,22)/t13-,15-/m0/s1. The van der Waals surface area contributed by atoms with Crippen LogP contribution in [0, 0.1) is 6.92 Å². The van der Waals surface area contributed by atoms with Gasteiger partial charge in [0.1, 0.15) is 6.17 Å². The van der Waals surface area contributed by atoms with Crippen LogP contribution in [0.25, 0.3) is 0 Å². The molecule has 0 radical (unpaired) electrons. The smallest absolute Gasteiger partial charge is 0.257 e. The molecular formula is C17H20N6O2. The number of hydrogen-bond donors (Lipinski definition) is 2. The first-order valence-corrected chi connectivity index (χ1v) is 8.40. The van der Waals surface area contributed by atoms with E-state index in [0.717, 1.165) is 25.0 Å². The number of anilines is 1. The number of rotatable bonds is 3. The first kappa shape index (κ1) is 15.8. The Morgan fingerprint density at radius 3 is 3.16 bits per heavy atom. The molecule has 0 unspecified atom stereocenters. The topological polar surface area (TPSA) is 93.4 Å². The summed E-state index contributed by atoms with van der Waals surface area (Å²) in [7, 11) is 0.